The van der Waals surface area contributed by atoms with Crippen LogP contribution in [0.15, 0.2) is 28.2 Å². The van der Waals surface area contributed by atoms with Crippen LogP contribution >= 0.6 is 0 Å². The van der Waals surface area contributed by atoms with Crippen molar-refractivity contribution in [1.82, 2.24) is 0 Å². The van der Waals surface area contributed by atoms with Crippen molar-refractivity contribution in [2.45, 2.75) is 0 Å². The van der Waals surface area contributed by atoms with Crippen molar-refractivity contribution < 1.29 is 9.18 Å². The molecule has 0 aliphatic heterocycles. The Labute approximate surface area is 85.3 Å². The molecule has 0 aliphatic rings. The fourth-order valence-corrected chi connectivity index (χ4v) is 0.899. The molecule has 0 unspecified atom stereocenters. The number of amides is 1. The summed E-state index contributed by atoms with van der Waals surface area (Å²) >= 11 is 0. The van der Waals surface area contributed by atoms with E-state index in [0.29, 0.717) is 0 Å². The lowest BCUT2D eigenvalue weighted by molar-refractivity contribution is 0.1000. The predicted octanol–water partition coefficient (Wildman–Crippen LogP) is 0.571. The molecule has 0 saturated carbocycles. The normalized spacial score (nSPS) is 11.3. The molecule has 78 valence electrons. The number of carbonyl (C=O) groups excluding carboxylic acids is 1. The Balaban J connectivity index is 2.98. The molecule has 0 heterocycles. The van der Waals surface area contributed by atoms with E-state index in [2.05, 4.69) is 9.98 Å². The minimum absolute atomic E-state index is 0.0607. The summed E-state index contributed by atoms with van der Waals surface area (Å²) in [5.41, 5.74) is 10.1. The van der Waals surface area contributed by atoms with Crippen molar-refractivity contribution in [2.24, 2.45) is 21.5 Å². The summed E-state index contributed by atoms with van der Waals surface area (Å²) < 4.78 is 13.2. The van der Waals surface area contributed by atoms with Crippen LogP contribution in [0, 0.1) is 5.82 Å². The molecule has 0 radical (unpaired) electrons. The zero-order valence-corrected chi connectivity index (χ0v) is 7.72. The first-order valence-electron chi connectivity index (χ1n) is 4.00. The smallest absolute Gasteiger partial charge is 0.248 e. The number of primary amides is 1. The van der Waals surface area contributed by atoms with Crippen LogP contribution in [0.5, 0.6) is 0 Å². The van der Waals surface area contributed by atoms with E-state index in [9.17, 15) is 9.18 Å². The number of halogens is 1. The number of aliphatic imine (C=N–C) groups is 2. The van der Waals surface area contributed by atoms with Gasteiger partial charge in [0.05, 0.1) is 6.34 Å². The van der Waals surface area contributed by atoms with E-state index in [0.717, 1.165) is 18.7 Å². The Kier molecular flexibility index (Phi) is 3.50. The van der Waals surface area contributed by atoms with E-state index in [1.807, 2.05) is 0 Å². The average Bonchev–Trinajstić information content (AvgIpc) is 2.20. The van der Waals surface area contributed by atoms with Crippen molar-refractivity contribution >= 4 is 24.3 Å². The molecule has 0 aliphatic carbocycles. The zero-order valence-electron chi connectivity index (χ0n) is 7.72. The Bertz CT molecular complexity index is 428. The first-order valence-corrected chi connectivity index (χ1v) is 4.00. The number of rotatable bonds is 3. The standard InChI is InChI=1S/C9H9FN4O/c10-7-3-6(9(12)15)1-2-8(7)14-5-13-4-11/h1-5H,(H2,12,15)(H2,11,13,14). The Morgan fingerprint density at radius 2 is 2.20 bits per heavy atom. The van der Waals surface area contributed by atoms with Crippen LogP contribution in [-0.2, 0) is 0 Å². The third-order valence-electron chi connectivity index (χ3n) is 1.58. The van der Waals surface area contributed by atoms with Crippen molar-refractivity contribution in [2.75, 3.05) is 0 Å². The highest BCUT2D eigenvalue weighted by Gasteiger charge is 2.05. The van der Waals surface area contributed by atoms with Crippen molar-refractivity contribution in [1.29, 1.82) is 0 Å². The summed E-state index contributed by atoms with van der Waals surface area (Å²) in [6, 6.07) is 3.73. The summed E-state index contributed by atoms with van der Waals surface area (Å²) in [5.74, 6) is -1.33. The van der Waals surface area contributed by atoms with Gasteiger partial charge in [0.25, 0.3) is 0 Å². The molecule has 0 spiro atoms. The van der Waals surface area contributed by atoms with Crippen molar-refractivity contribution in [3.63, 3.8) is 0 Å². The van der Waals surface area contributed by atoms with Gasteiger partial charge in [-0.05, 0) is 18.2 Å². The lowest BCUT2D eigenvalue weighted by Crippen LogP contribution is -2.10. The van der Waals surface area contributed by atoms with Crippen LogP contribution in [0.4, 0.5) is 10.1 Å². The van der Waals surface area contributed by atoms with Crippen LogP contribution in [0.1, 0.15) is 10.4 Å². The van der Waals surface area contributed by atoms with Crippen LogP contribution in [0.25, 0.3) is 0 Å². The first-order chi connectivity index (χ1) is 7.15. The quantitative estimate of drug-likeness (QED) is 0.561. The molecule has 5 nitrogen and oxygen atoms in total. The molecule has 4 N–H and O–H groups in total. The first kappa shape index (κ1) is 10.8. The molecular formula is C9H9FN4O. The monoisotopic (exact) mass is 208 g/mol. The number of benzene rings is 1. The molecule has 0 saturated heterocycles. The maximum Gasteiger partial charge on any atom is 0.248 e. The molecule has 1 aromatic rings. The van der Waals surface area contributed by atoms with Crippen molar-refractivity contribution in [3.8, 4) is 0 Å². The largest absolute Gasteiger partial charge is 0.390 e. The second-order valence-electron chi connectivity index (χ2n) is 2.57. The van der Waals surface area contributed by atoms with E-state index >= 15 is 0 Å². The Hall–Kier alpha value is -2.24. The molecule has 6 heteroatoms. The Morgan fingerprint density at radius 1 is 1.47 bits per heavy atom. The second kappa shape index (κ2) is 4.85. The van der Waals surface area contributed by atoms with Gasteiger partial charge in [-0.25, -0.2) is 14.4 Å². The van der Waals surface area contributed by atoms with Crippen LogP contribution in [0.3, 0.4) is 0 Å². The molecule has 1 amide bonds. The summed E-state index contributed by atoms with van der Waals surface area (Å²) in [6.07, 6.45) is 2.13. The zero-order chi connectivity index (χ0) is 11.3. The number of hydrogen-bond acceptors (Lipinski definition) is 2. The fourth-order valence-electron chi connectivity index (χ4n) is 0.899. The highest BCUT2D eigenvalue weighted by molar-refractivity contribution is 5.93. The number of nitrogens with zero attached hydrogens (tertiary/aromatic N) is 2. The predicted molar refractivity (Wildman–Crippen MR) is 55.7 cm³/mol. The van der Waals surface area contributed by atoms with E-state index in [1.165, 1.54) is 12.1 Å². The van der Waals surface area contributed by atoms with Gasteiger partial charge < -0.3 is 11.5 Å². The van der Waals surface area contributed by atoms with E-state index < -0.39 is 11.7 Å². The molecule has 0 bridgehead atoms. The summed E-state index contributed by atoms with van der Waals surface area (Å²) in [4.78, 5) is 17.8. The minimum atomic E-state index is -0.690. The summed E-state index contributed by atoms with van der Waals surface area (Å²) in [6.45, 7) is 0. The van der Waals surface area contributed by atoms with Gasteiger partial charge in [-0.1, -0.05) is 0 Å². The minimum Gasteiger partial charge on any atom is -0.390 e. The van der Waals surface area contributed by atoms with Gasteiger partial charge in [0.15, 0.2) is 0 Å². The van der Waals surface area contributed by atoms with Gasteiger partial charge in [0.1, 0.15) is 17.8 Å². The molecule has 0 aromatic heterocycles. The number of hydrogen-bond donors (Lipinski definition) is 2. The van der Waals surface area contributed by atoms with E-state index in [1.54, 1.807) is 0 Å². The van der Waals surface area contributed by atoms with Gasteiger partial charge in [0, 0.05) is 5.56 Å². The molecule has 15 heavy (non-hydrogen) atoms. The van der Waals surface area contributed by atoms with Gasteiger partial charge in [0.2, 0.25) is 5.91 Å². The van der Waals surface area contributed by atoms with Gasteiger partial charge >= 0.3 is 0 Å². The van der Waals surface area contributed by atoms with Crippen LogP contribution < -0.4 is 11.5 Å². The number of nitrogens with two attached hydrogens (primary N) is 2. The van der Waals surface area contributed by atoms with Crippen LogP contribution in [-0.4, -0.2) is 18.6 Å². The SMILES string of the molecule is NC=NC=Nc1ccc(C(N)=O)cc1F. The third kappa shape index (κ3) is 2.87. The average molecular weight is 208 g/mol. The molecule has 1 aromatic carbocycles. The molecule has 0 atom stereocenters. The van der Waals surface area contributed by atoms with Gasteiger partial charge in [-0.3, -0.25) is 4.79 Å². The highest BCUT2D eigenvalue weighted by Crippen LogP contribution is 2.18. The summed E-state index contributed by atoms with van der Waals surface area (Å²) in [7, 11) is 0. The topological polar surface area (TPSA) is 93.8 Å². The Morgan fingerprint density at radius 3 is 2.73 bits per heavy atom. The van der Waals surface area contributed by atoms with E-state index in [-0.39, 0.29) is 11.3 Å². The van der Waals surface area contributed by atoms with Crippen molar-refractivity contribution in [3.05, 3.63) is 29.6 Å². The fraction of sp³-hybridized carbons (Fsp3) is 0. The van der Waals surface area contributed by atoms with Gasteiger partial charge in [-0.2, -0.15) is 0 Å². The lowest BCUT2D eigenvalue weighted by Gasteiger charge is -1.98. The second-order valence-corrected chi connectivity index (χ2v) is 2.57. The third-order valence-corrected chi connectivity index (χ3v) is 1.58. The number of carbonyl (C=O) groups is 1. The maximum atomic E-state index is 13.2. The van der Waals surface area contributed by atoms with Gasteiger partial charge in [-0.15, -0.1) is 0 Å². The molecule has 1 rings (SSSR count). The van der Waals surface area contributed by atoms with E-state index in [4.69, 9.17) is 11.5 Å². The highest BCUT2D eigenvalue weighted by atomic mass is 19.1. The molecule has 0 fully saturated rings. The molecular weight excluding hydrogens is 199 g/mol. The lowest BCUT2D eigenvalue weighted by atomic mass is 10.2. The van der Waals surface area contributed by atoms with Crippen LogP contribution in [0.2, 0.25) is 0 Å². The summed E-state index contributed by atoms with van der Waals surface area (Å²) in [5, 5.41) is 0. The maximum absolute atomic E-state index is 13.2.